The van der Waals surface area contributed by atoms with Crippen molar-refractivity contribution >= 4 is 11.7 Å². The third kappa shape index (κ3) is 9.13. The van der Waals surface area contributed by atoms with Gasteiger partial charge in [0.05, 0.1) is 0 Å². The van der Waals surface area contributed by atoms with Gasteiger partial charge < -0.3 is 15.4 Å². The Labute approximate surface area is 208 Å². The van der Waals surface area contributed by atoms with Crippen molar-refractivity contribution in [3.8, 4) is 5.95 Å². The van der Waals surface area contributed by atoms with Gasteiger partial charge in [-0.1, -0.05) is 44.2 Å². The number of nitrogens with zero attached hydrogens (tertiary/aromatic N) is 4. The smallest absolute Gasteiger partial charge is 0.242 e. The van der Waals surface area contributed by atoms with E-state index >= 15 is 0 Å². The number of hydrogen-bond donors (Lipinski definition) is 2. The number of carbonyl (C=O) groups is 1. The SMILES string of the molecule is CCOCCCNC(=O)[C@H](CCC(C)C)Nc1cc(CCc2ccccc2)nc(-n2ccnc2)n1. The lowest BCUT2D eigenvalue weighted by atomic mass is 10.0. The van der Waals surface area contributed by atoms with Crippen LogP contribution in [0.25, 0.3) is 5.95 Å². The second kappa shape index (κ2) is 14.2. The number of rotatable bonds is 15. The molecule has 1 amide bonds. The van der Waals surface area contributed by atoms with Gasteiger partial charge in [0.2, 0.25) is 11.9 Å². The van der Waals surface area contributed by atoms with Gasteiger partial charge in [0.15, 0.2) is 0 Å². The Morgan fingerprint density at radius 1 is 1.11 bits per heavy atom. The van der Waals surface area contributed by atoms with E-state index in [2.05, 4.69) is 41.6 Å². The summed E-state index contributed by atoms with van der Waals surface area (Å²) in [6, 6.07) is 11.9. The fraction of sp³-hybridized carbons (Fsp3) is 0.481. The van der Waals surface area contributed by atoms with E-state index in [-0.39, 0.29) is 11.9 Å². The topological polar surface area (TPSA) is 94.0 Å². The van der Waals surface area contributed by atoms with Crippen molar-refractivity contribution in [3.05, 3.63) is 66.4 Å². The summed E-state index contributed by atoms with van der Waals surface area (Å²) in [4.78, 5) is 26.6. The molecule has 2 N–H and O–H groups in total. The number of nitrogens with one attached hydrogen (secondary N) is 2. The van der Waals surface area contributed by atoms with Gasteiger partial charge in [-0.3, -0.25) is 9.36 Å². The zero-order chi connectivity index (χ0) is 24.9. The first-order valence-corrected chi connectivity index (χ1v) is 12.6. The molecule has 3 rings (SSSR count). The summed E-state index contributed by atoms with van der Waals surface area (Å²) in [6.07, 6.45) is 9.29. The van der Waals surface area contributed by atoms with Crippen molar-refractivity contribution < 1.29 is 9.53 Å². The Balaban J connectivity index is 1.76. The first kappa shape index (κ1) is 26.3. The number of aryl methyl sites for hydroxylation is 2. The molecule has 0 unspecified atom stereocenters. The van der Waals surface area contributed by atoms with Crippen LogP contribution in [0.15, 0.2) is 55.1 Å². The molecular formula is C27H38N6O2. The lowest BCUT2D eigenvalue weighted by molar-refractivity contribution is -0.122. The van der Waals surface area contributed by atoms with Crippen molar-refractivity contribution in [2.24, 2.45) is 5.92 Å². The van der Waals surface area contributed by atoms with Gasteiger partial charge in [-0.2, -0.15) is 4.98 Å². The summed E-state index contributed by atoms with van der Waals surface area (Å²) >= 11 is 0. The quantitative estimate of drug-likeness (QED) is 0.318. The molecule has 3 aromatic rings. The van der Waals surface area contributed by atoms with Crippen LogP contribution in [0.3, 0.4) is 0 Å². The van der Waals surface area contributed by atoms with E-state index in [0.717, 1.165) is 37.8 Å². The molecule has 0 spiro atoms. The lowest BCUT2D eigenvalue weighted by Gasteiger charge is -2.21. The third-order valence-electron chi connectivity index (χ3n) is 5.66. The minimum Gasteiger partial charge on any atom is -0.382 e. The molecule has 1 atom stereocenters. The molecule has 2 heterocycles. The Hall–Kier alpha value is -3.26. The molecule has 0 aliphatic rings. The molecule has 188 valence electrons. The maximum atomic E-state index is 13.0. The molecule has 1 aromatic carbocycles. The van der Waals surface area contributed by atoms with Crippen LogP contribution in [0.1, 0.15) is 51.3 Å². The minimum absolute atomic E-state index is 0.0178. The van der Waals surface area contributed by atoms with Crippen LogP contribution >= 0.6 is 0 Å². The standard InChI is InChI=1S/C27H38N6O2/c1-4-35-18-8-15-29-26(34)24(14-11-21(2)3)31-25-19-23(13-12-22-9-6-5-7-10-22)30-27(32-25)33-17-16-28-20-33/h5-7,9-10,16-17,19-21,24H,4,8,11-15,18H2,1-3H3,(H,29,34)(H,30,31,32)/t24-/m0/s1. The van der Waals surface area contributed by atoms with Gasteiger partial charge in [0.25, 0.3) is 0 Å². The summed E-state index contributed by atoms with van der Waals surface area (Å²) in [6.45, 7) is 8.22. The monoisotopic (exact) mass is 478 g/mol. The molecule has 8 nitrogen and oxygen atoms in total. The summed E-state index contributed by atoms with van der Waals surface area (Å²) in [5.41, 5.74) is 2.17. The predicted octanol–water partition coefficient (Wildman–Crippen LogP) is 4.21. The highest BCUT2D eigenvalue weighted by Crippen LogP contribution is 2.17. The number of amides is 1. The molecule has 0 radical (unpaired) electrons. The van der Waals surface area contributed by atoms with Gasteiger partial charge in [-0.25, -0.2) is 9.97 Å². The van der Waals surface area contributed by atoms with Gasteiger partial charge in [0, 0.05) is 43.9 Å². The summed E-state index contributed by atoms with van der Waals surface area (Å²) in [5.74, 6) is 1.66. The highest BCUT2D eigenvalue weighted by Gasteiger charge is 2.20. The molecule has 0 fully saturated rings. The molecule has 0 saturated heterocycles. The van der Waals surface area contributed by atoms with Crippen LogP contribution in [-0.4, -0.2) is 51.2 Å². The second-order valence-electron chi connectivity index (χ2n) is 9.01. The molecule has 0 bridgehead atoms. The second-order valence-corrected chi connectivity index (χ2v) is 9.01. The van der Waals surface area contributed by atoms with E-state index in [1.807, 2.05) is 37.4 Å². The molecule has 0 aliphatic heterocycles. The molecule has 8 heteroatoms. The molecule has 0 aliphatic carbocycles. The Morgan fingerprint density at radius 2 is 1.94 bits per heavy atom. The first-order chi connectivity index (χ1) is 17.0. The zero-order valence-electron chi connectivity index (χ0n) is 21.1. The number of ether oxygens (including phenoxy) is 1. The Bertz CT molecular complexity index is 1010. The van der Waals surface area contributed by atoms with Crippen LogP contribution < -0.4 is 10.6 Å². The zero-order valence-corrected chi connectivity index (χ0v) is 21.1. The third-order valence-corrected chi connectivity index (χ3v) is 5.66. The van der Waals surface area contributed by atoms with Crippen LogP contribution in [-0.2, 0) is 22.4 Å². The van der Waals surface area contributed by atoms with E-state index in [0.29, 0.717) is 37.4 Å². The number of benzene rings is 1. The van der Waals surface area contributed by atoms with Crippen molar-refractivity contribution in [1.29, 1.82) is 0 Å². The number of imidazole rings is 1. The van der Waals surface area contributed by atoms with E-state index in [4.69, 9.17) is 14.7 Å². The minimum atomic E-state index is -0.378. The van der Waals surface area contributed by atoms with Crippen molar-refractivity contribution in [2.45, 2.75) is 58.9 Å². The maximum absolute atomic E-state index is 13.0. The maximum Gasteiger partial charge on any atom is 0.242 e. The summed E-state index contributed by atoms with van der Waals surface area (Å²) < 4.78 is 7.16. The Kier molecular flexibility index (Phi) is 10.7. The van der Waals surface area contributed by atoms with Crippen LogP contribution in [0, 0.1) is 5.92 Å². The van der Waals surface area contributed by atoms with Gasteiger partial charge in [-0.15, -0.1) is 0 Å². The fourth-order valence-electron chi connectivity index (χ4n) is 3.70. The van der Waals surface area contributed by atoms with Crippen molar-refractivity contribution in [2.75, 3.05) is 25.1 Å². The van der Waals surface area contributed by atoms with Gasteiger partial charge >= 0.3 is 0 Å². The summed E-state index contributed by atoms with van der Waals surface area (Å²) in [7, 11) is 0. The van der Waals surface area contributed by atoms with E-state index in [1.165, 1.54) is 5.56 Å². The largest absolute Gasteiger partial charge is 0.382 e. The number of anilines is 1. The van der Waals surface area contributed by atoms with E-state index < -0.39 is 0 Å². The van der Waals surface area contributed by atoms with Crippen molar-refractivity contribution in [1.82, 2.24) is 24.8 Å². The van der Waals surface area contributed by atoms with E-state index in [9.17, 15) is 4.79 Å². The number of carbonyl (C=O) groups excluding carboxylic acids is 1. The van der Waals surface area contributed by atoms with Crippen LogP contribution in [0.4, 0.5) is 5.82 Å². The highest BCUT2D eigenvalue weighted by atomic mass is 16.5. The van der Waals surface area contributed by atoms with Gasteiger partial charge in [0.1, 0.15) is 18.2 Å². The number of aromatic nitrogens is 4. The highest BCUT2D eigenvalue weighted by molar-refractivity contribution is 5.84. The number of hydrogen-bond acceptors (Lipinski definition) is 6. The average Bonchev–Trinajstić information content (AvgIpc) is 3.41. The molecular weight excluding hydrogens is 440 g/mol. The van der Waals surface area contributed by atoms with E-state index in [1.54, 1.807) is 17.1 Å². The predicted molar refractivity (Wildman–Crippen MR) is 139 cm³/mol. The molecule has 2 aromatic heterocycles. The summed E-state index contributed by atoms with van der Waals surface area (Å²) in [5, 5.41) is 6.45. The first-order valence-electron chi connectivity index (χ1n) is 12.6. The molecule has 0 saturated carbocycles. The van der Waals surface area contributed by atoms with Crippen molar-refractivity contribution in [3.63, 3.8) is 0 Å². The molecule has 35 heavy (non-hydrogen) atoms. The van der Waals surface area contributed by atoms with Crippen LogP contribution in [0.5, 0.6) is 0 Å². The van der Waals surface area contributed by atoms with Gasteiger partial charge in [-0.05, 0) is 50.5 Å². The normalized spacial score (nSPS) is 12.0. The van der Waals surface area contributed by atoms with Crippen LogP contribution in [0.2, 0.25) is 0 Å². The average molecular weight is 479 g/mol. The Morgan fingerprint density at radius 3 is 2.66 bits per heavy atom. The lowest BCUT2D eigenvalue weighted by Crippen LogP contribution is -2.40. The fourth-order valence-corrected chi connectivity index (χ4v) is 3.70.